The Labute approximate surface area is 180 Å². The number of hydrogen-bond acceptors (Lipinski definition) is 5. The number of aryl methyl sites for hydroxylation is 1. The molecule has 1 aromatic heterocycles. The normalized spacial score (nSPS) is 12.2. The molecule has 0 aliphatic rings. The Morgan fingerprint density at radius 2 is 1.87 bits per heavy atom. The number of nitrogens with one attached hydrogen (secondary N) is 1. The van der Waals surface area contributed by atoms with Crippen LogP contribution in [0.25, 0.3) is 5.69 Å². The number of benzene rings is 2. The van der Waals surface area contributed by atoms with Crippen molar-refractivity contribution in [1.82, 2.24) is 19.7 Å². The SMILES string of the molecule is Cc1cccc(NC(=O)CSc2nnc([C@H](C)N(C)C)n2-c2ccc(F)cc2)c1C. The second-order valence-corrected chi connectivity index (χ2v) is 8.32. The zero-order valence-corrected chi connectivity index (χ0v) is 18.6. The number of carbonyl (C=O) groups is 1. The number of halogens is 1. The number of hydrogen-bond donors (Lipinski definition) is 1. The molecule has 3 aromatic rings. The Hall–Kier alpha value is -2.71. The van der Waals surface area contributed by atoms with Gasteiger partial charge in [0.05, 0.1) is 11.8 Å². The topological polar surface area (TPSA) is 63.1 Å². The van der Waals surface area contributed by atoms with E-state index in [0.29, 0.717) is 5.16 Å². The molecule has 0 unspecified atom stereocenters. The quantitative estimate of drug-likeness (QED) is 0.567. The van der Waals surface area contributed by atoms with Crippen LogP contribution >= 0.6 is 11.8 Å². The third-order valence-corrected chi connectivity index (χ3v) is 6.03. The van der Waals surface area contributed by atoms with Crippen molar-refractivity contribution in [3.8, 4) is 5.69 Å². The molecule has 0 saturated heterocycles. The van der Waals surface area contributed by atoms with Crippen LogP contribution in [0.5, 0.6) is 0 Å². The van der Waals surface area contributed by atoms with E-state index < -0.39 is 0 Å². The summed E-state index contributed by atoms with van der Waals surface area (Å²) in [6.45, 7) is 6.02. The van der Waals surface area contributed by atoms with Crippen LogP contribution in [0.15, 0.2) is 47.6 Å². The molecule has 1 heterocycles. The monoisotopic (exact) mass is 427 g/mol. The highest BCUT2D eigenvalue weighted by atomic mass is 32.2. The minimum Gasteiger partial charge on any atom is -0.325 e. The zero-order valence-electron chi connectivity index (χ0n) is 17.8. The van der Waals surface area contributed by atoms with Gasteiger partial charge in [-0.05, 0) is 76.3 Å². The molecule has 0 bridgehead atoms. The molecule has 2 aromatic carbocycles. The van der Waals surface area contributed by atoms with Gasteiger partial charge in [0.15, 0.2) is 11.0 Å². The molecule has 0 aliphatic carbocycles. The number of amides is 1. The molecule has 3 rings (SSSR count). The summed E-state index contributed by atoms with van der Waals surface area (Å²) in [5.41, 5.74) is 3.73. The van der Waals surface area contributed by atoms with E-state index in [2.05, 4.69) is 15.5 Å². The van der Waals surface area contributed by atoms with Gasteiger partial charge in [0.2, 0.25) is 5.91 Å². The molecular weight excluding hydrogens is 401 g/mol. The summed E-state index contributed by atoms with van der Waals surface area (Å²) in [7, 11) is 3.91. The molecular formula is C22H26FN5OS. The first-order valence-electron chi connectivity index (χ1n) is 9.64. The Kier molecular flexibility index (Phi) is 6.89. The van der Waals surface area contributed by atoms with Gasteiger partial charge in [0, 0.05) is 11.4 Å². The lowest BCUT2D eigenvalue weighted by Crippen LogP contribution is -2.21. The maximum atomic E-state index is 13.4. The molecule has 0 aliphatic heterocycles. The molecule has 0 fully saturated rings. The van der Waals surface area contributed by atoms with Gasteiger partial charge >= 0.3 is 0 Å². The fourth-order valence-electron chi connectivity index (χ4n) is 2.91. The van der Waals surface area contributed by atoms with Gasteiger partial charge in [-0.2, -0.15) is 0 Å². The zero-order chi connectivity index (χ0) is 21.8. The highest BCUT2D eigenvalue weighted by Crippen LogP contribution is 2.27. The van der Waals surface area contributed by atoms with Crippen LogP contribution in [0.3, 0.4) is 0 Å². The lowest BCUT2D eigenvalue weighted by atomic mass is 10.1. The number of aromatic nitrogens is 3. The molecule has 1 N–H and O–H groups in total. The maximum absolute atomic E-state index is 13.4. The summed E-state index contributed by atoms with van der Waals surface area (Å²) in [5.74, 6) is 0.480. The van der Waals surface area contributed by atoms with E-state index in [9.17, 15) is 9.18 Å². The lowest BCUT2D eigenvalue weighted by molar-refractivity contribution is -0.113. The van der Waals surface area contributed by atoms with Gasteiger partial charge in [-0.3, -0.25) is 14.3 Å². The van der Waals surface area contributed by atoms with Crippen molar-refractivity contribution < 1.29 is 9.18 Å². The van der Waals surface area contributed by atoms with Crippen molar-refractivity contribution in [1.29, 1.82) is 0 Å². The standard InChI is InChI=1S/C22H26FN5OS/c1-14-7-6-8-19(15(14)2)24-20(29)13-30-22-26-25-21(16(3)27(4)5)28(22)18-11-9-17(23)10-12-18/h6-12,16H,13H2,1-5H3,(H,24,29)/t16-/m0/s1. The average Bonchev–Trinajstić information content (AvgIpc) is 3.13. The van der Waals surface area contributed by atoms with Crippen LogP contribution in [-0.4, -0.2) is 45.4 Å². The maximum Gasteiger partial charge on any atom is 0.234 e. The van der Waals surface area contributed by atoms with E-state index in [0.717, 1.165) is 28.3 Å². The second kappa shape index (κ2) is 9.40. The minimum absolute atomic E-state index is 0.0133. The number of thioether (sulfide) groups is 1. The van der Waals surface area contributed by atoms with Crippen molar-refractivity contribution in [3.05, 3.63) is 65.2 Å². The van der Waals surface area contributed by atoms with Gasteiger partial charge in [-0.25, -0.2) is 4.39 Å². The van der Waals surface area contributed by atoms with Crippen molar-refractivity contribution in [2.75, 3.05) is 25.2 Å². The summed E-state index contributed by atoms with van der Waals surface area (Å²) < 4.78 is 15.3. The summed E-state index contributed by atoms with van der Waals surface area (Å²) in [4.78, 5) is 14.6. The largest absolute Gasteiger partial charge is 0.325 e. The number of anilines is 1. The lowest BCUT2D eigenvalue weighted by Gasteiger charge is -2.20. The Bertz CT molecular complexity index is 1030. The van der Waals surface area contributed by atoms with Crippen molar-refractivity contribution in [2.24, 2.45) is 0 Å². The minimum atomic E-state index is -0.309. The number of nitrogens with zero attached hydrogens (tertiary/aromatic N) is 4. The van der Waals surface area contributed by atoms with E-state index >= 15 is 0 Å². The Balaban J connectivity index is 1.82. The molecule has 0 spiro atoms. The van der Waals surface area contributed by atoms with Gasteiger partial charge < -0.3 is 5.32 Å². The first kappa shape index (κ1) is 22.0. The Morgan fingerprint density at radius 1 is 1.17 bits per heavy atom. The predicted molar refractivity (Wildman–Crippen MR) is 119 cm³/mol. The fourth-order valence-corrected chi connectivity index (χ4v) is 3.67. The second-order valence-electron chi connectivity index (χ2n) is 7.38. The van der Waals surface area contributed by atoms with Crippen LogP contribution in [0, 0.1) is 19.7 Å². The van der Waals surface area contributed by atoms with Crippen LogP contribution in [0.4, 0.5) is 10.1 Å². The van der Waals surface area contributed by atoms with Crippen molar-refractivity contribution >= 4 is 23.4 Å². The predicted octanol–water partition coefficient (Wildman–Crippen LogP) is 4.38. The highest BCUT2D eigenvalue weighted by molar-refractivity contribution is 7.99. The highest BCUT2D eigenvalue weighted by Gasteiger charge is 2.21. The van der Waals surface area contributed by atoms with E-state index in [4.69, 9.17) is 0 Å². The fraction of sp³-hybridized carbons (Fsp3) is 0.318. The Morgan fingerprint density at radius 3 is 2.53 bits per heavy atom. The van der Waals surface area contributed by atoms with E-state index in [1.165, 1.54) is 23.9 Å². The van der Waals surface area contributed by atoms with Crippen LogP contribution in [-0.2, 0) is 4.79 Å². The molecule has 0 saturated carbocycles. The van der Waals surface area contributed by atoms with Gasteiger partial charge in [-0.1, -0.05) is 23.9 Å². The molecule has 1 atom stereocenters. The van der Waals surface area contributed by atoms with Crippen LogP contribution in [0.2, 0.25) is 0 Å². The van der Waals surface area contributed by atoms with Gasteiger partial charge in [-0.15, -0.1) is 10.2 Å². The van der Waals surface area contributed by atoms with E-state index in [-0.39, 0.29) is 23.5 Å². The van der Waals surface area contributed by atoms with Crippen LogP contribution in [0.1, 0.15) is 29.9 Å². The summed E-state index contributed by atoms with van der Waals surface area (Å²) >= 11 is 1.30. The summed E-state index contributed by atoms with van der Waals surface area (Å²) in [6, 6.07) is 12.0. The summed E-state index contributed by atoms with van der Waals surface area (Å²) in [6.07, 6.45) is 0. The molecule has 158 valence electrons. The smallest absolute Gasteiger partial charge is 0.234 e. The number of carbonyl (C=O) groups excluding carboxylic acids is 1. The van der Waals surface area contributed by atoms with Gasteiger partial charge in [0.1, 0.15) is 5.82 Å². The first-order valence-corrected chi connectivity index (χ1v) is 10.6. The molecule has 6 nitrogen and oxygen atoms in total. The molecule has 0 radical (unpaired) electrons. The third kappa shape index (κ3) is 4.88. The summed E-state index contributed by atoms with van der Waals surface area (Å²) in [5, 5.41) is 12.2. The van der Waals surface area contributed by atoms with E-state index in [1.54, 1.807) is 12.1 Å². The third-order valence-electron chi connectivity index (χ3n) is 5.10. The van der Waals surface area contributed by atoms with Crippen LogP contribution < -0.4 is 5.32 Å². The van der Waals surface area contributed by atoms with Gasteiger partial charge in [0.25, 0.3) is 0 Å². The van der Waals surface area contributed by atoms with Crippen molar-refractivity contribution in [2.45, 2.75) is 32.0 Å². The molecule has 30 heavy (non-hydrogen) atoms. The van der Waals surface area contributed by atoms with E-state index in [1.807, 2.05) is 62.5 Å². The average molecular weight is 428 g/mol. The van der Waals surface area contributed by atoms with Crippen molar-refractivity contribution in [3.63, 3.8) is 0 Å². The first-order chi connectivity index (χ1) is 14.3. The molecule has 8 heteroatoms. The molecule has 1 amide bonds. The number of rotatable bonds is 7.